The molecular formula is C9H13F3. The van der Waals surface area contributed by atoms with Gasteiger partial charge in [0.25, 0.3) is 0 Å². The maximum absolute atomic E-state index is 12.1. The summed E-state index contributed by atoms with van der Waals surface area (Å²) >= 11 is 0. The molecule has 0 aromatic heterocycles. The molecule has 0 aliphatic heterocycles. The van der Waals surface area contributed by atoms with E-state index in [1.165, 1.54) is 0 Å². The van der Waals surface area contributed by atoms with Crippen LogP contribution in [0.5, 0.6) is 0 Å². The molecule has 0 atom stereocenters. The SMILES string of the molecule is C=C[C@H]1CC[C@H](C(F)(F)F)CC1. The third kappa shape index (κ3) is 2.26. The number of hydrogen-bond donors (Lipinski definition) is 0. The minimum Gasteiger partial charge on any atom is -0.171 e. The van der Waals surface area contributed by atoms with Crippen LogP contribution in [-0.4, -0.2) is 6.18 Å². The van der Waals surface area contributed by atoms with Crippen molar-refractivity contribution in [1.29, 1.82) is 0 Å². The van der Waals surface area contributed by atoms with Gasteiger partial charge < -0.3 is 0 Å². The van der Waals surface area contributed by atoms with Crippen LogP contribution in [0.25, 0.3) is 0 Å². The summed E-state index contributed by atoms with van der Waals surface area (Å²) in [6, 6.07) is 0. The molecule has 0 amide bonds. The highest BCUT2D eigenvalue weighted by Gasteiger charge is 2.40. The Labute approximate surface area is 70.5 Å². The molecule has 1 fully saturated rings. The summed E-state index contributed by atoms with van der Waals surface area (Å²) in [6.07, 6.45) is -0.361. The van der Waals surface area contributed by atoms with E-state index in [0.717, 1.165) is 0 Å². The summed E-state index contributed by atoms with van der Waals surface area (Å²) in [5.41, 5.74) is 0. The van der Waals surface area contributed by atoms with E-state index in [-0.39, 0.29) is 12.8 Å². The van der Waals surface area contributed by atoms with Gasteiger partial charge in [-0.05, 0) is 31.6 Å². The molecule has 0 radical (unpaired) electrons. The number of rotatable bonds is 1. The molecule has 0 aromatic carbocycles. The van der Waals surface area contributed by atoms with Gasteiger partial charge in [0.2, 0.25) is 0 Å². The van der Waals surface area contributed by atoms with Gasteiger partial charge in [-0.3, -0.25) is 0 Å². The van der Waals surface area contributed by atoms with Crippen LogP contribution < -0.4 is 0 Å². The van der Waals surface area contributed by atoms with Crippen molar-refractivity contribution < 1.29 is 13.2 Å². The van der Waals surface area contributed by atoms with Crippen LogP contribution in [0.3, 0.4) is 0 Å². The normalized spacial score (nSPS) is 31.6. The van der Waals surface area contributed by atoms with E-state index in [1.807, 2.05) is 0 Å². The molecule has 70 valence electrons. The average molecular weight is 178 g/mol. The minimum absolute atomic E-state index is 0.278. The second-order valence-electron chi connectivity index (χ2n) is 3.39. The molecule has 12 heavy (non-hydrogen) atoms. The van der Waals surface area contributed by atoms with Gasteiger partial charge in [-0.1, -0.05) is 6.08 Å². The molecule has 1 aliphatic carbocycles. The highest BCUT2D eigenvalue weighted by Crippen LogP contribution is 2.39. The Bertz CT molecular complexity index is 152. The molecule has 3 heteroatoms. The van der Waals surface area contributed by atoms with Crippen LogP contribution in [0, 0.1) is 11.8 Å². The lowest BCUT2D eigenvalue weighted by Crippen LogP contribution is -2.27. The third-order valence-corrected chi connectivity index (χ3v) is 2.57. The number of halogens is 3. The van der Waals surface area contributed by atoms with E-state index >= 15 is 0 Å². The smallest absolute Gasteiger partial charge is 0.171 e. The van der Waals surface area contributed by atoms with Gasteiger partial charge >= 0.3 is 6.18 Å². The Kier molecular flexibility index (Phi) is 2.80. The lowest BCUT2D eigenvalue weighted by molar-refractivity contribution is -0.183. The quantitative estimate of drug-likeness (QED) is 0.539. The van der Waals surface area contributed by atoms with E-state index < -0.39 is 12.1 Å². The Morgan fingerprint density at radius 3 is 1.92 bits per heavy atom. The number of allylic oxidation sites excluding steroid dienone is 1. The summed E-state index contributed by atoms with van der Waals surface area (Å²) in [6.45, 7) is 3.59. The van der Waals surface area contributed by atoms with Gasteiger partial charge in [0, 0.05) is 0 Å². The summed E-state index contributed by atoms with van der Waals surface area (Å²) in [7, 11) is 0. The fourth-order valence-corrected chi connectivity index (χ4v) is 1.68. The van der Waals surface area contributed by atoms with Crippen molar-refractivity contribution in [3.8, 4) is 0 Å². The van der Waals surface area contributed by atoms with Gasteiger partial charge in [-0.2, -0.15) is 13.2 Å². The highest BCUT2D eigenvalue weighted by molar-refractivity contribution is 4.85. The lowest BCUT2D eigenvalue weighted by atomic mass is 9.82. The summed E-state index contributed by atoms with van der Waals surface area (Å²) in [5, 5.41) is 0. The van der Waals surface area contributed by atoms with E-state index in [9.17, 15) is 13.2 Å². The van der Waals surface area contributed by atoms with Gasteiger partial charge in [0.1, 0.15) is 0 Å². The van der Waals surface area contributed by atoms with Crippen LogP contribution >= 0.6 is 0 Å². The predicted octanol–water partition coefficient (Wildman–Crippen LogP) is 3.54. The largest absolute Gasteiger partial charge is 0.391 e. The molecular weight excluding hydrogens is 165 g/mol. The molecule has 0 heterocycles. The molecule has 0 N–H and O–H groups in total. The Morgan fingerprint density at radius 1 is 1.08 bits per heavy atom. The van der Waals surface area contributed by atoms with Crippen molar-refractivity contribution in [3.05, 3.63) is 12.7 Å². The van der Waals surface area contributed by atoms with E-state index in [0.29, 0.717) is 18.8 Å². The molecule has 0 aromatic rings. The first-order valence-electron chi connectivity index (χ1n) is 4.23. The Balaban J connectivity index is 2.41. The van der Waals surface area contributed by atoms with Crippen molar-refractivity contribution >= 4 is 0 Å². The summed E-state index contributed by atoms with van der Waals surface area (Å²) < 4.78 is 36.4. The second kappa shape index (κ2) is 3.50. The number of alkyl halides is 3. The van der Waals surface area contributed by atoms with Gasteiger partial charge in [0.15, 0.2) is 0 Å². The zero-order valence-electron chi connectivity index (χ0n) is 6.90. The maximum atomic E-state index is 12.1. The fraction of sp³-hybridized carbons (Fsp3) is 0.778. The summed E-state index contributed by atoms with van der Waals surface area (Å²) in [4.78, 5) is 0. The fourth-order valence-electron chi connectivity index (χ4n) is 1.68. The van der Waals surface area contributed by atoms with Crippen LogP contribution in [0.1, 0.15) is 25.7 Å². The number of hydrogen-bond acceptors (Lipinski definition) is 0. The van der Waals surface area contributed by atoms with Crippen molar-refractivity contribution in [3.63, 3.8) is 0 Å². The zero-order chi connectivity index (χ0) is 9.19. The topological polar surface area (TPSA) is 0 Å². The second-order valence-corrected chi connectivity index (χ2v) is 3.39. The standard InChI is InChI=1S/C9H13F3/c1-2-7-3-5-8(6-4-7)9(10,11)12/h2,7-8H,1,3-6H2/t7-,8-. The zero-order valence-corrected chi connectivity index (χ0v) is 6.90. The molecule has 0 spiro atoms. The summed E-state index contributed by atoms with van der Waals surface area (Å²) in [5.74, 6) is -0.753. The molecule has 1 rings (SSSR count). The third-order valence-electron chi connectivity index (χ3n) is 2.57. The van der Waals surface area contributed by atoms with Gasteiger partial charge in [-0.15, -0.1) is 6.58 Å². The van der Waals surface area contributed by atoms with Crippen LogP contribution in [-0.2, 0) is 0 Å². The van der Waals surface area contributed by atoms with Crippen molar-refractivity contribution in [1.82, 2.24) is 0 Å². The molecule has 0 unspecified atom stereocenters. The van der Waals surface area contributed by atoms with Crippen LogP contribution in [0.4, 0.5) is 13.2 Å². The minimum atomic E-state index is -3.98. The van der Waals surface area contributed by atoms with E-state index in [1.54, 1.807) is 6.08 Å². The van der Waals surface area contributed by atoms with Gasteiger partial charge in [0.05, 0.1) is 5.92 Å². The van der Waals surface area contributed by atoms with E-state index in [4.69, 9.17) is 0 Å². The maximum Gasteiger partial charge on any atom is 0.391 e. The first kappa shape index (κ1) is 9.62. The van der Waals surface area contributed by atoms with Crippen LogP contribution in [0.2, 0.25) is 0 Å². The predicted molar refractivity (Wildman–Crippen MR) is 41.7 cm³/mol. The van der Waals surface area contributed by atoms with Crippen molar-refractivity contribution in [2.45, 2.75) is 31.9 Å². The molecule has 0 nitrogen and oxygen atoms in total. The molecule has 1 aliphatic rings. The molecule has 0 saturated heterocycles. The highest BCUT2D eigenvalue weighted by atomic mass is 19.4. The first-order chi connectivity index (χ1) is 5.54. The Morgan fingerprint density at radius 2 is 1.58 bits per heavy atom. The monoisotopic (exact) mass is 178 g/mol. The van der Waals surface area contributed by atoms with Crippen LogP contribution in [0.15, 0.2) is 12.7 Å². The first-order valence-corrected chi connectivity index (χ1v) is 4.23. The Hall–Kier alpha value is -0.470. The van der Waals surface area contributed by atoms with E-state index in [2.05, 4.69) is 6.58 Å². The average Bonchev–Trinajstić information content (AvgIpc) is 2.03. The molecule has 1 saturated carbocycles. The van der Waals surface area contributed by atoms with Gasteiger partial charge in [-0.25, -0.2) is 0 Å². The molecule has 0 bridgehead atoms. The van der Waals surface area contributed by atoms with Crippen molar-refractivity contribution in [2.75, 3.05) is 0 Å². The van der Waals surface area contributed by atoms with Crippen molar-refractivity contribution in [2.24, 2.45) is 11.8 Å². The lowest BCUT2D eigenvalue weighted by Gasteiger charge is -2.27.